The minimum Gasteiger partial charge on any atom is -0.465 e. The molecular weight excluding hydrogens is 403 g/mol. The minimum absolute atomic E-state index is 0.0322. The van der Waals surface area contributed by atoms with Gasteiger partial charge in [-0.3, -0.25) is 0 Å². The number of carbonyl (C=O) groups is 2. The van der Waals surface area contributed by atoms with Crippen molar-refractivity contribution in [1.29, 1.82) is 0 Å². The molecule has 0 fully saturated rings. The second-order valence-corrected chi connectivity index (χ2v) is 8.04. The summed E-state index contributed by atoms with van der Waals surface area (Å²) in [5.74, 6) is -0.516. The Bertz CT molecular complexity index is 1010. The topological polar surface area (TPSA) is 92.8 Å². The summed E-state index contributed by atoms with van der Waals surface area (Å²) in [4.78, 5) is 23.5. The van der Waals surface area contributed by atoms with Crippen LogP contribution in [0.15, 0.2) is 41.3 Å². The first-order valence-corrected chi connectivity index (χ1v) is 9.43. The van der Waals surface area contributed by atoms with E-state index in [9.17, 15) is 18.0 Å². The molecule has 1 N–H and O–H groups in total. The highest BCUT2D eigenvalue weighted by atomic mass is 35.5. The van der Waals surface area contributed by atoms with Gasteiger partial charge in [0.15, 0.2) is 0 Å². The number of hydrogen-bond donors (Lipinski definition) is 1. The molecule has 0 atom stereocenters. The van der Waals surface area contributed by atoms with Crippen LogP contribution in [-0.2, 0) is 21.3 Å². The zero-order chi connectivity index (χ0) is 19.1. The zero-order valence-electron chi connectivity index (χ0n) is 13.3. The van der Waals surface area contributed by atoms with Crippen LogP contribution < -0.4 is 5.32 Å². The minimum atomic E-state index is -4.17. The number of anilines is 1. The van der Waals surface area contributed by atoms with Crippen LogP contribution in [0.5, 0.6) is 0 Å². The van der Waals surface area contributed by atoms with E-state index in [1.165, 1.54) is 43.5 Å². The Morgan fingerprint density at radius 2 is 1.85 bits per heavy atom. The summed E-state index contributed by atoms with van der Waals surface area (Å²) in [5, 5.41) is 2.59. The van der Waals surface area contributed by atoms with Crippen LogP contribution in [0.3, 0.4) is 0 Å². The molecule has 0 spiro atoms. The molecule has 2 aromatic carbocycles. The van der Waals surface area contributed by atoms with Gasteiger partial charge in [-0.05, 0) is 29.8 Å². The number of methoxy groups -OCH3 is 1. The number of rotatable bonds is 3. The summed E-state index contributed by atoms with van der Waals surface area (Å²) < 4.78 is 30.9. The van der Waals surface area contributed by atoms with Gasteiger partial charge in [0.2, 0.25) is 0 Å². The van der Waals surface area contributed by atoms with Gasteiger partial charge in [0, 0.05) is 5.02 Å². The fourth-order valence-electron chi connectivity index (χ4n) is 2.50. The van der Waals surface area contributed by atoms with Gasteiger partial charge in [-0.2, -0.15) is 0 Å². The first-order valence-electron chi connectivity index (χ1n) is 7.24. The van der Waals surface area contributed by atoms with Crippen LogP contribution in [0.1, 0.15) is 15.9 Å². The lowest BCUT2D eigenvalue weighted by Gasteiger charge is -2.29. The number of benzene rings is 2. The van der Waals surface area contributed by atoms with Crippen LogP contribution in [0.2, 0.25) is 10.0 Å². The number of esters is 1. The first kappa shape index (κ1) is 18.5. The maximum Gasteiger partial charge on any atom is 0.337 e. The van der Waals surface area contributed by atoms with Crippen molar-refractivity contribution >= 4 is 50.9 Å². The normalized spacial score (nSPS) is 15.2. The van der Waals surface area contributed by atoms with Gasteiger partial charge in [0.25, 0.3) is 10.0 Å². The highest BCUT2D eigenvalue weighted by Gasteiger charge is 2.38. The Balaban J connectivity index is 1.96. The van der Waals surface area contributed by atoms with Gasteiger partial charge >= 0.3 is 12.0 Å². The lowest BCUT2D eigenvalue weighted by Crippen LogP contribution is -2.43. The molecule has 0 unspecified atom stereocenters. The van der Waals surface area contributed by atoms with E-state index in [1.54, 1.807) is 0 Å². The molecule has 1 aliphatic rings. The molecule has 0 aliphatic carbocycles. The van der Waals surface area contributed by atoms with Crippen LogP contribution >= 0.6 is 23.2 Å². The highest BCUT2D eigenvalue weighted by Crippen LogP contribution is 2.38. The maximum absolute atomic E-state index is 12.8. The SMILES string of the molecule is COC(=O)c1ccc(CN2C(=O)Nc3cc(Cl)cc(Cl)c3S2(=O)=O)cc1. The Hall–Kier alpha value is -2.29. The van der Waals surface area contributed by atoms with Crippen LogP contribution in [0.25, 0.3) is 0 Å². The molecule has 0 radical (unpaired) electrons. The molecule has 7 nitrogen and oxygen atoms in total. The Labute approximate surface area is 159 Å². The number of nitrogens with zero attached hydrogens (tertiary/aromatic N) is 1. The Morgan fingerprint density at radius 1 is 1.19 bits per heavy atom. The van der Waals surface area contributed by atoms with Gasteiger partial charge in [0.05, 0.1) is 29.9 Å². The molecule has 0 aromatic heterocycles. The lowest BCUT2D eigenvalue weighted by molar-refractivity contribution is 0.0600. The third kappa shape index (κ3) is 3.23. The van der Waals surface area contributed by atoms with E-state index in [-0.39, 0.29) is 27.2 Å². The molecule has 26 heavy (non-hydrogen) atoms. The number of nitrogens with one attached hydrogen (secondary N) is 1. The van der Waals surface area contributed by atoms with Crippen molar-refractivity contribution in [3.8, 4) is 0 Å². The largest absolute Gasteiger partial charge is 0.465 e. The lowest BCUT2D eigenvalue weighted by atomic mass is 10.1. The first-order chi connectivity index (χ1) is 12.2. The summed E-state index contributed by atoms with van der Waals surface area (Å²) in [6.07, 6.45) is 0. The van der Waals surface area contributed by atoms with E-state index in [0.29, 0.717) is 15.4 Å². The number of urea groups is 1. The number of ether oxygens (including phenoxy) is 1. The predicted molar refractivity (Wildman–Crippen MR) is 96.0 cm³/mol. The second kappa shape index (κ2) is 6.79. The molecule has 0 bridgehead atoms. The average Bonchev–Trinajstić information content (AvgIpc) is 2.57. The molecule has 1 heterocycles. The highest BCUT2D eigenvalue weighted by molar-refractivity contribution is 7.90. The fourth-order valence-corrected chi connectivity index (χ4v) is 4.78. The van der Waals surface area contributed by atoms with Gasteiger partial charge in [-0.15, -0.1) is 0 Å². The number of halogens is 2. The quantitative estimate of drug-likeness (QED) is 0.775. The molecule has 2 aromatic rings. The van der Waals surface area contributed by atoms with E-state index >= 15 is 0 Å². The van der Waals surface area contributed by atoms with Crippen molar-refractivity contribution in [1.82, 2.24) is 4.31 Å². The molecule has 1 aliphatic heterocycles. The van der Waals surface area contributed by atoms with Gasteiger partial charge in [-0.1, -0.05) is 35.3 Å². The van der Waals surface area contributed by atoms with E-state index < -0.39 is 22.0 Å². The third-order valence-corrected chi connectivity index (χ3v) is 6.19. The molecule has 0 saturated carbocycles. The summed E-state index contributed by atoms with van der Waals surface area (Å²) >= 11 is 11.9. The molecular formula is C16H12Cl2N2O5S. The Morgan fingerprint density at radius 3 is 2.46 bits per heavy atom. The van der Waals surface area contributed by atoms with E-state index in [4.69, 9.17) is 23.2 Å². The molecule has 10 heteroatoms. The number of amides is 2. The van der Waals surface area contributed by atoms with Gasteiger partial charge in [0.1, 0.15) is 4.90 Å². The number of carbonyl (C=O) groups excluding carboxylic acids is 2. The van der Waals surface area contributed by atoms with Gasteiger partial charge in [-0.25, -0.2) is 22.3 Å². The molecule has 0 saturated heterocycles. The van der Waals surface area contributed by atoms with Crippen molar-refractivity contribution < 1.29 is 22.7 Å². The van der Waals surface area contributed by atoms with E-state index in [1.807, 2.05) is 0 Å². The van der Waals surface area contributed by atoms with Crippen LogP contribution in [-0.4, -0.2) is 31.8 Å². The summed E-state index contributed by atoms with van der Waals surface area (Å²) in [7, 11) is -2.91. The smallest absolute Gasteiger partial charge is 0.337 e. The fraction of sp³-hybridized carbons (Fsp3) is 0.125. The molecule has 2 amide bonds. The summed E-state index contributed by atoms with van der Waals surface area (Å²) in [6, 6.07) is 7.82. The van der Waals surface area contributed by atoms with Crippen molar-refractivity contribution in [2.75, 3.05) is 12.4 Å². The van der Waals surface area contributed by atoms with Gasteiger partial charge < -0.3 is 10.1 Å². The summed E-state index contributed by atoms with van der Waals surface area (Å²) in [5.41, 5.74) is 0.847. The maximum atomic E-state index is 12.8. The zero-order valence-corrected chi connectivity index (χ0v) is 15.7. The van der Waals surface area contributed by atoms with Crippen LogP contribution in [0.4, 0.5) is 10.5 Å². The Kier molecular flexibility index (Phi) is 4.83. The predicted octanol–water partition coefficient (Wildman–Crippen LogP) is 3.52. The molecule has 3 rings (SSSR count). The number of hydrogen-bond acceptors (Lipinski definition) is 5. The van der Waals surface area contributed by atoms with Crippen molar-refractivity contribution in [3.05, 3.63) is 57.6 Å². The molecule has 136 valence electrons. The third-order valence-electron chi connectivity index (χ3n) is 3.73. The van der Waals surface area contributed by atoms with Crippen LogP contribution in [0, 0.1) is 0 Å². The average molecular weight is 415 g/mol. The number of fused-ring (bicyclic) bond motifs is 1. The van der Waals surface area contributed by atoms with E-state index in [0.717, 1.165) is 0 Å². The monoisotopic (exact) mass is 414 g/mol. The summed E-state index contributed by atoms with van der Waals surface area (Å²) in [6.45, 7) is -0.228. The number of sulfonamides is 1. The standard InChI is InChI=1S/C16H12Cl2N2O5S/c1-25-15(21)10-4-2-9(3-5-10)8-20-16(22)19-13-7-11(17)6-12(18)14(13)26(20,23)24/h2-7H,8H2,1H3,(H,19,22). The van der Waals surface area contributed by atoms with E-state index in [2.05, 4.69) is 10.1 Å². The second-order valence-electron chi connectivity index (χ2n) is 5.39. The van der Waals surface area contributed by atoms with Crippen molar-refractivity contribution in [3.63, 3.8) is 0 Å². The van der Waals surface area contributed by atoms with Crippen molar-refractivity contribution in [2.24, 2.45) is 0 Å². The van der Waals surface area contributed by atoms with Crippen molar-refractivity contribution in [2.45, 2.75) is 11.4 Å².